The lowest BCUT2D eigenvalue weighted by Crippen LogP contribution is -2.19. The Morgan fingerprint density at radius 1 is 1.03 bits per heavy atom. The number of methoxy groups -OCH3 is 1. The molecular formula is C23H26N2O5S. The monoisotopic (exact) mass is 442 g/mol. The fourth-order valence-corrected chi connectivity index (χ4v) is 4.50. The standard InChI is InChI=1S/C23H26N2O5S/c1-4-5-9-17-10-6-7-13-21(17)31(27,28)25-20-14-16(2)24-23(26)22(20)30-19-12-8-11-18(15-19)29-3/h6-8,10-15H,4-5,9H2,1-3H3,(H2,24,25,26). The van der Waals surface area contributed by atoms with E-state index in [9.17, 15) is 13.2 Å². The summed E-state index contributed by atoms with van der Waals surface area (Å²) in [5, 5.41) is 0. The molecule has 0 aliphatic heterocycles. The van der Waals surface area contributed by atoms with Gasteiger partial charge >= 0.3 is 0 Å². The first-order valence-electron chi connectivity index (χ1n) is 10.0. The normalized spacial score (nSPS) is 11.2. The Morgan fingerprint density at radius 2 is 1.77 bits per heavy atom. The SMILES string of the molecule is CCCCc1ccccc1S(=O)(=O)Nc1cc(C)[nH]c(=O)c1Oc1cccc(OC)c1. The highest BCUT2D eigenvalue weighted by Crippen LogP contribution is 2.30. The number of sulfonamides is 1. The molecule has 31 heavy (non-hydrogen) atoms. The van der Waals surface area contributed by atoms with Crippen LogP contribution in [0.5, 0.6) is 17.2 Å². The molecule has 1 aromatic heterocycles. The van der Waals surface area contributed by atoms with Gasteiger partial charge in [0.25, 0.3) is 15.6 Å². The molecule has 0 aliphatic carbocycles. The van der Waals surface area contributed by atoms with E-state index in [0.29, 0.717) is 23.6 Å². The second-order valence-corrected chi connectivity index (χ2v) is 8.77. The Kier molecular flexibility index (Phi) is 7.02. The Balaban J connectivity index is 2.00. The predicted octanol–water partition coefficient (Wildman–Crippen LogP) is 4.63. The topological polar surface area (TPSA) is 97.5 Å². The summed E-state index contributed by atoms with van der Waals surface area (Å²) in [7, 11) is -2.42. The maximum Gasteiger partial charge on any atom is 0.293 e. The lowest BCUT2D eigenvalue weighted by molar-refractivity contribution is 0.408. The van der Waals surface area contributed by atoms with Crippen LogP contribution in [-0.4, -0.2) is 20.5 Å². The third-order valence-corrected chi connectivity index (χ3v) is 6.16. The molecule has 3 rings (SSSR count). The molecular weight excluding hydrogens is 416 g/mol. The second kappa shape index (κ2) is 9.70. The number of H-pyrrole nitrogens is 1. The first-order valence-corrected chi connectivity index (χ1v) is 11.5. The Morgan fingerprint density at radius 3 is 2.52 bits per heavy atom. The quantitative estimate of drug-likeness (QED) is 0.504. The number of benzene rings is 2. The Labute approximate surface area is 182 Å². The maximum atomic E-state index is 13.2. The Bertz CT molecular complexity index is 1220. The van der Waals surface area contributed by atoms with Crippen LogP contribution in [0.3, 0.4) is 0 Å². The molecule has 0 radical (unpaired) electrons. The van der Waals surface area contributed by atoms with Crippen molar-refractivity contribution in [3.8, 4) is 17.2 Å². The summed E-state index contributed by atoms with van der Waals surface area (Å²) in [6.07, 6.45) is 2.48. The van der Waals surface area contributed by atoms with Gasteiger partial charge in [-0.1, -0.05) is 37.6 Å². The minimum Gasteiger partial charge on any atom is -0.497 e. The van der Waals surface area contributed by atoms with Gasteiger partial charge in [-0.3, -0.25) is 9.52 Å². The lowest BCUT2D eigenvalue weighted by atomic mass is 10.1. The van der Waals surface area contributed by atoms with Gasteiger partial charge in [-0.2, -0.15) is 0 Å². The summed E-state index contributed by atoms with van der Waals surface area (Å²) in [4.78, 5) is 15.4. The lowest BCUT2D eigenvalue weighted by Gasteiger charge is -2.15. The molecule has 8 heteroatoms. The zero-order chi connectivity index (χ0) is 22.4. The summed E-state index contributed by atoms with van der Waals surface area (Å²) in [5.74, 6) is 0.749. The van der Waals surface area contributed by atoms with E-state index in [-0.39, 0.29) is 16.3 Å². The third kappa shape index (κ3) is 5.46. The van der Waals surface area contributed by atoms with Crippen molar-refractivity contribution in [3.05, 3.63) is 76.2 Å². The number of rotatable bonds is 9. The van der Waals surface area contributed by atoms with Crippen LogP contribution in [0, 0.1) is 6.92 Å². The second-order valence-electron chi connectivity index (χ2n) is 7.12. The predicted molar refractivity (Wildman–Crippen MR) is 121 cm³/mol. The van der Waals surface area contributed by atoms with Crippen molar-refractivity contribution in [2.45, 2.75) is 38.0 Å². The van der Waals surface area contributed by atoms with E-state index in [0.717, 1.165) is 18.4 Å². The van der Waals surface area contributed by atoms with Gasteiger partial charge in [-0.15, -0.1) is 0 Å². The average molecular weight is 443 g/mol. The molecule has 0 fully saturated rings. The molecule has 0 saturated heterocycles. The van der Waals surface area contributed by atoms with Crippen molar-refractivity contribution in [2.24, 2.45) is 0 Å². The van der Waals surface area contributed by atoms with Gasteiger partial charge in [0, 0.05) is 11.8 Å². The van der Waals surface area contributed by atoms with Crippen LogP contribution in [0.1, 0.15) is 31.0 Å². The highest BCUT2D eigenvalue weighted by molar-refractivity contribution is 7.92. The van der Waals surface area contributed by atoms with Crippen LogP contribution in [-0.2, 0) is 16.4 Å². The van der Waals surface area contributed by atoms with Crippen molar-refractivity contribution in [3.63, 3.8) is 0 Å². The molecule has 0 atom stereocenters. The van der Waals surface area contributed by atoms with E-state index < -0.39 is 15.6 Å². The molecule has 2 aromatic carbocycles. The van der Waals surface area contributed by atoms with Crippen LogP contribution in [0.25, 0.3) is 0 Å². The highest BCUT2D eigenvalue weighted by Gasteiger charge is 2.22. The minimum absolute atomic E-state index is 0.0642. The van der Waals surface area contributed by atoms with E-state index in [1.165, 1.54) is 13.2 Å². The van der Waals surface area contributed by atoms with E-state index in [1.54, 1.807) is 49.4 Å². The first kappa shape index (κ1) is 22.4. The van der Waals surface area contributed by atoms with Crippen LogP contribution >= 0.6 is 0 Å². The molecule has 0 unspecified atom stereocenters. The largest absolute Gasteiger partial charge is 0.497 e. The molecule has 3 aromatic rings. The molecule has 164 valence electrons. The smallest absolute Gasteiger partial charge is 0.293 e. The van der Waals surface area contributed by atoms with Gasteiger partial charge < -0.3 is 14.5 Å². The summed E-state index contributed by atoms with van der Waals surface area (Å²) in [6, 6.07) is 15.1. The van der Waals surface area contributed by atoms with Crippen LogP contribution < -0.4 is 19.8 Å². The number of unbranched alkanes of at least 4 members (excludes halogenated alkanes) is 1. The third-order valence-electron chi connectivity index (χ3n) is 4.69. The van der Waals surface area contributed by atoms with Crippen molar-refractivity contribution >= 4 is 15.7 Å². The first-order chi connectivity index (χ1) is 14.8. The fourth-order valence-electron chi connectivity index (χ4n) is 3.18. The zero-order valence-electron chi connectivity index (χ0n) is 17.8. The van der Waals surface area contributed by atoms with E-state index >= 15 is 0 Å². The van der Waals surface area contributed by atoms with E-state index in [1.807, 2.05) is 6.07 Å². The molecule has 1 heterocycles. The highest BCUT2D eigenvalue weighted by atomic mass is 32.2. The van der Waals surface area contributed by atoms with Gasteiger partial charge in [0.05, 0.1) is 17.7 Å². The van der Waals surface area contributed by atoms with Gasteiger partial charge in [-0.25, -0.2) is 8.42 Å². The van der Waals surface area contributed by atoms with Gasteiger partial charge in [0.2, 0.25) is 5.75 Å². The van der Waals surface area contributed by atoms with Crippen LogP contribution in [0.4, 0.5) is 5.69 Å². The van der Waals surface area contributed by atoms with Crippen molar-refractivity contribution in [2.75, 3.05) is 11.8 Å². The number of anilines is 1. The van der Waals surface area contributed by atoms with Crippen molar-refractivity contribution in [1.29, 1.82) is 0 Å². The Hall–Kier alpha value is -3.26. The molecule has 2 N–H and O–H groups in total. The van der Waals surface area contributed by atoms with Crippen molar-refractivity contribution < 1.29 is 17.9 Å². The average Bonchev–Trinajstić information content (AvgIpc) is 2.74. The molecule has 0 spiro atoms. The van der Waals surface area contributed by atoms with Gasteiger partial charge in [0.1, 0.15) is 11.5 Å². The maximum absolute atomic E-state index is 13.2. The summed E-state index contributed by atoms with van der Waals surface area (Å²) in [6.45, 7) is 3.72. The van der Waals surface area contributed by atoms with Gasteiger partial charge in [-0.05, 0) is 49.6 Å². The number of hydrogen-bond donors (Lipinski definition) is 2. The number of ether oxygens (including phenoxy) is 2. The number of nitrogens with one attached hydrogen (secondary N) is 2. The number of aryl methyl sites for hydroxylation is 2. The summed E-state index contributed by atoms with van der Waals surface area (Å²) >= 11 is 0. The number of hydrogen-bond acceptors (Lipinski definition) is 5. The minimum atomic E-state index is -3.94. The molecule has 7 nitrogen and oxygen atoms in total. The molecule has 0 saturated carbocycles. The number of pyridine rings is 1. The van der Waals surface area contributed by atoms with Crippen LogP contribution in [0.15, 0.2) is 64.3 Å². The number of aromatic nitrogens is 1. The molecule has 0 amide bonds. The molecule has 0 aliphatic rings. The number of aromatic amines is 1. The van der Waals surface area contributed by atoms with E-state index in [4.69, 9.17) is 9.47 Å². The fraction of sp³-hybridized carbons (Fsp3) is 0.261. The van der Waals surface area contributed by atoms with Crippen molar-refractivity contribution in [1.82, 2.24) is 4.98 Å². The van der Waals surface area contributed by atoms with Gasteiger partial charge in [0.15, 0.2) is 0 Å². The van der Waals surface area contributed by atoms with E-state index in [2.05, 4.69) is 16.6 Å². The zero-order valence-corrected chi connectivity index (χ0v) is 18.6. The molecule has 0 bridgehead atoms. The van der Waals surface area contributed by atoms with Crippen LogP contribution in [0.2, 0.25) is 0 Å². The summed E-state index contributed by atoms with van der Waals surface area (Å²) in [5.41, 5.74) is 0.753. The summed E-state index contributed by atoms with van der Waals surface area (Å²) < 4.78 is 39.9.